The molecule has 156 valence electrons. The van der Waals surface area contributed by atoms with Crippen molar-refractivity contribution >= 4 is 52.9 Å². The molecule has 2 aromatic rings. The minimum atomic E-state index is -0.725. The summed E-state index contributed by atoms with van der Waals surface area (Å²) in [6, 6.07) is 8.66. The zero-order valence-electron chi connectivity index (χ0n) is 16.4. The van der Waals surface area contributed by atoms with Crippen molar-refractivity contribution in [2.24, 2.45) is 0 Å². The SMILES string of the molecule is CN1C(=O)C(C)(C)c2ccc(NC3(c4c(F)ccc(Cl)c4Cl)CCNC3)cc21.Cl. The molecule has 1 saturated heterocycles. The Balaban J connectivity index is 0.00000240. The van der Waals surface area contributed by atoms with Gasteiger partial charge in [0.05, 0.1) is 21.0 Å². The number of likely N-dealkylation sites (N-methyl/N-ethyl adjacent to an activating group) is 1. The van der Waals surface area contributed by atoms with Gasteiger partial charge in [-0.1, -0.05) is 29.3 Å². The Hall–Kier alpha value is -1.53. The van der Waals surface area contributed by atoms with Gasteiger partial charge in [-0.05, 0) is 56.6 Å². The van der Waals surface area contributed by atoms with E-state index in [1.807, 2.05) is 32.0 Å². The quantitative estimate of drug-likeness (QED) is 0.628. The number of anilines is 2. The first kappa shape index (κ1) is 22.2. The summed E-state index contributed by atoms with van der Waals surface area (Å²) in [7, 11) is 1.78. The monoisotopic (exact) mass is 457 g/mol. The molecule has 2 aromatic carbocycles. The molecule has 0 radical (unpaired) electrons. The van der Waals surface area contributed by atoms with Crippen molar-refractivity contribution < 1.29 is 9.18 Å². The van der Waals surface area contributed by atoms with Crippen LogP contribution in [0.15, 0.2) is 30.3 Å². The van der Waals surface area contributed by atoms with Crippen LogP contribution in [-0.2, 0) is 15.7 Å². The van der Waals surface area contributed by atoms with Crippen molar-refractivity contribution in [1.82, 2.24) is 5.32 Å². The standard InChI is InChI=1S/C21H22Cl2FN3O.ClH/c1-20(2)13-5-4-12(10-16(13)27(3)19(20)28)26-21(8-9-25-11-21)17-15(24)7-6-14(22)18(17)23;/h4-7,10,25-26H,8-9,11H2,1-3H3;1H. The molecular weight excluding hydrogens is 436 g/mol. The number of hydrogen-bond donors (Lipinski definition) is 2. The smallest absolute Gasteiger partial charge is 0.236 e. The van der Waals surface area contributed by atoms with Gasteiger partial charge in [0.1, 0.15) is 5.82 Å². The van der Waals surface area contributed by atoms with E-state index in [2.05, 4.69) is 10.6 Å². The van der Waals surface area contributed by atoms with E-state index in [9.17, 15) is 9.18 Å². The van der Waals surface area contributed by atoms with E-state index in [0.29, 0.717) is 23.6 Å². The molecule has 0 aliphatic carbocycles. The van der Waals surface area contributed by atoms with E-state index >= 15 is 0 Å². The zero-order chi connectivity index (χ0) is 20.3. The number of nitrogens with one attached hydrogen (secondary N) is 2. The summed E-state index contributed by atoms with van der Waals surface area (Å²) in [5.74, 6) is -0.332. The van der Waals surface area contributed by atoms with Gasteiger partial charge in [0, 0.05) is 30.5 Å². The number of benzene rings is 2. The van der Waals surface area contributed by atoms with Crippen LogP contribution in [0.3, 0.4) is 0 Å². The minimum Gasteiger partial charge on any atom is -0.374 e. The average Bonchev–Trinajstić information content (AvgIpc) is 3.18. The molecule has 1 fully saturated rings. The Morgan fingerprint density at radius 2 is 1.93 bits per heavy atom. The molecule has 1 amide bonds. The summed E-state index contributed by atoms with van der Waals surface area (Å²) in [6.07, 6.45) is 0.654. The number of amides is 1. The Morgan fingerprint density at radius 1 is 1.21 bits per heavy atom. The number of fused-ring (bicyclic) bond motifs is 1. The molecule has 0 bridgehead atoms. The van der Waals surface area contributed by atoms with Crippen LogP contribution in [0.1, 0.15) is 31.4 Å². The lowest BCUT2D eigenvalue weighted by Crippen LogP contribution is -2.39. The van der Waals surface area contributed by atoms with Gasteiger partial charge >= 0.3 is 0 Å². The first-order chi connectivity index (χ1) is 13.2. The normalized spacial score (nSPS) is 22.4. The van der Waals surface area contributed by atoms with Crippen molar-refractivity contribution in [3.8, 4) is 0 Å². The molecule has 2 heterocycles. The molecule has 1 atom stereocenters. The lowest BCUT2D eigenvalue weighted by atomic mass is 9.85. The van der Waals surface area contributed by atoms with Crippen LogP contribution in [0.4, 0.5) is 15.8 Å². The third kappa shape index (κ3) is 3.38. The van der Waals surface area contributed by atoms with E-state index in [1.54, 1.807) is 11.9 Å². The molecular formula is C21H23Cl3FN3O. The van der Waals surface area contributed by atoms with Gasteiger partial charge in [-0.25, -0.2) is 4.39 Å². The molecule has 2 N–H and O–H groups in total. The van der Waals surface area contributed by atoms with E-state index in [1.165, 1.54) is 12.1 Å². The number of rotatable bonds is 3. The number of nitrogens with zero attached hydrogens (tertiary/aromatic N) is 1. The molecule has 1 unspecified atom stereocenters. The molecule has 8 heteroatoms. The van der Waals surface area contributed by atoms with E-state index in [-0.39, 0.29) is 29.2 Å². The number of halogens is 4. The van der Waals surface area contributed by atoms with Crippen molar-refractivity contribution in [2.45, 2.75) is 31.2 Å². The van der Waals surface area contributed by atoms with Crippen molar-refractivity contribution in [1.29, 1.82) is 0 Å². The Morgan fingerprint density at radius 3 is 2.59 bits per heavy atom. The topological polar surface area (TPSA) is 44.4 Å². The van der Waals surface area contributed by atoms with Gasteiger partial charge in [-0.15, -0.1) is 12.4 Å². The maximum absolute atomic E-state index is 14.8. The fourth-order valence-electron chi connectivity index (χ4n) is 4.38. The zero-order valence-corrected chi connectivity index (χ0v) is 18.7. The number of carbonyl (C=O) groups is 1. The first-order valence-electron chi connectivity index (χ1n) is 9.23. The highest BCUT2D eigenvalue weighted by Crippen LogP contribution is 2.44. The fourth-order valence-corrected chi connectivity index (χ4v) is 4.87. The second-order valence-electron chi connectivity index (χ2n) is 8.07. The maximum atomic E-state index is 14.8. The van der Waals surface area contributed by atoms with Crippen LogP contribution < -0.4 is 15.5 Å². The van der Waals surface area contributed by atoms with Gasteiger partial charge in [0.2, 0.25) is 5.91 Å². The first-order valence-corrected chi connectivity index (χ1v) is 9.98. The molecule has 0 saturated carbocycles. The molecule has 4 nitrogen and oxygen atoms in total. The highest BCUT2D eigenvalue weighted by Gasteiger charge is 2.43. The van der Waals surface area contributed by atoms with Crippen LogP contribution in [0.25, 0.3) is 0 Å². The summed E-state index contributed by atoms with van der Waals surface area (Å²) in [5, 5.41) is 7.34. The van der Waals surface area contributed by atoms with E-state index in [4.69, 9.17) is 23.2 Å². The Kier molecular flexibility index (Phi) is 5.82. The van der Waals surface area contributed by atoms with Crippen LogP contribution in [0, 0.1) is 5.82 Å². The van der Waals surface area contributed by atoms with Crippen LogP contribution in [-0.4, -0.2) is 26.0 Å². The summed E-state index contributed by atoms with van der Waals surface area (Å²) in [4.78, 5) is 14.2. The fraction of sp³-hybridized carbons (Fsp3) is 0.381. The predicted molar refractivity (Wildman–Crippen MR) is 119 cm³/mol. The molecule has 29 heavy (non-hydrogen) atoms. The molecule has 0 spiro atoms. The third-order valence-corrected chi connectivity index (χ3v) is 6.74. The maximum Gasteiger partial charge on any atom is 0.236 e. The molecule has 4 rings (SSSR count). The van der Waals surface area contributed by atoms with E-state index in [0.717, 1.165) is 23.5 Å². The van der Waals surface area contributed by atoms with Crippen LogP contribution in [0.2, 0.25) is 10.0 Å². The predicted octanol–water partition coefficient (Wildman–Crippen LogP) is 5.11. The van der Waals surface area contributed by atoms with Crippen molar-refractivity contribution in [3.05, 3.63) is 57.3 Å². The third-order valence-electron chi connectivity index (χ3n) is 5.93. The van der Waals surface area contributed by atoms with Gasteiger partial charge < -0.3 is 15.5 Å². The van der Waals surface area contributed by atoms with Gasteiger partial charge in [0.15, 0.2) is 0 Å². The lowest BCUT2D eigenvalue weighted by molar-refractivity contribution is -0.121. The number of hydrogen-bond acceptors (Lipinski definition) is 3. The highest BCUT2D eigenvalue weighted by molar-refractivity contribution is 6.42. The molecule has 2 aliphatic heterocycles. The Labute approximate surface area is 186 Å². The number of carbonyl (C=O) groups excluding carboxylic acids is 1. The lowest BCUT2D eigenvalue weighted by Gasteiger charge is -2.33. The summed E-state index contributed by atoms with van der Waals surface area (Å²) in [6.45, 7) is 5.09. The van der Waals surface area contributed by atoms with Crippen LogP contribution in [0.5, 0.6) is 0 Å². The molecule has 0 aromatic heterocycles. The average molecular weight is 459 g/mol. The molecule has 2 aliphatic rings. The van der Waals surface area contributed by atoms with Gasteiger partial charge in [-0.3, -0.25) is 4.79 Å². The second kappa shape index (κ2) is 7.62. The van der Waals surface area contributed by atoms with Gasteiger partial charge in [-0.2, -0.15) is 0 Å². The van der Waals surface area contributed by atoms with Gasteiger partial charge in [0.25, 0.3) is 0 Å². The second-order valence-corrected chi connectivity index (χ2v) is 8.86. The summed E-state index contributed by atoms with van der Waals surface area (Å²) in [5.41, 5.74) is 1.73. The van der Waals surface area contributed by atoms with E-state index < -0.39 is 11.0 Å². The largest absolute Gasteiger partial charge is 0.374 e. The minimum absolute atomic E-state index is 0. The Bertz CT molecular complexity index is 974. The van der Waals surface area contributed by atoms with Crippen LogP contribution >= 0.6 is 35.6 Å². The summed E-state index contributed by atoms with van der Waals surface area (Å²) >= 11 is 12.6. The summed E-state index contributed by atoms with van der Waals surface area (Å²) < 4.78 is 14.8. The van der Waals surface area contributed by atoms with Crippen molar-refractivity contribution in [2.75, 3.05) is 30.4 Å². The van der Waals surface area contributed by atoms with Crippen molar-refractivity contribution in [3.63, 3.8) is 0 Å². The highest BCUT2D eigenvalue weighted by atomic mass is 35.5.